The number of hydrogen-bond acceptors (Lipinski definition) is 5. The third kappa shape index (κ3) is 3.83. The van der Waals surface area contributed by atoms with E-state index in [0.717, 1.165) is 17.0 Å². The molecule has 2 aliphatic heterocycles. The van der Waals surface area contributed by atoms with E-state index >= 15 is 4.39 Å². The lowest BCUT2D eigenvalue weighted by molar-refractivity contribution is 0.593. The van der Waals surface area contributed by atoms with Crippen LogP contribution in [-0.4, -0.2) is 35.2 Å². The first-order chi connectivity index (χ1) is 19.2. The Balaban J connectivity index is 0.00000302. The summed E-state index contributed by atoms with van der Waals surface area (Å²) in [5.41, 5.74) is 4.21. The second-order valence-corrected chi connectivity index (χ2v) is 10.2. The lowest BCUT2D eigenvalue weighted by Crippen LogP contribution is -2.35. The van der Waals surface area contributed by atoms with Crippen molar-refractivity contribution in [2.45, 2.75) is 26.8 Å². The number of rotatable bonds is 3. The Kier molecular flexibility index (Phi) is 6.14. The van der Waals surface area contributed by atoms with Crippen LogP contribution in [-0.2, 0) is 7.05 Å². The lowest BCUT2D eigenvalue weighted by atomic mass is 9.96. The van der Waals surface area contributed by atoms with Crippen LogP contribution in [0.15, 0.2) is 65.6 Å². The fourth-order valence-corrected chi connectivity index (χ4v) is 5.70. The molecule has 1 atom stereocenters. The molecule has 0 fully saturated rings. The standard InChI is InChI=1S/C29H26F2N8O.ClH/c1-15-12-18(13-16(2)24(15)30)39-28(23-17(3)34-27-19(26(23)35-39)6-5-9-32-27)38-11-10-37(29(38)40)22-8-7-21-20(25(22)31)14-33-36(21)4;/h5-8,10-14,17,32,34H,9H2,1-4H3;1H/t17-;/m0./s1. The highest BCUT2D eigenvalue weighted by molar-refractivity contribution is 5.85. The molecule has 5 aromatic rings. The highest BCUT2D eigenvalue weighted by Gasteiger charge is 2.33. The first kappa shape index (κ1) is 26.6. The normalized spacial score (nSPS) is 15.8. The third-order valence-corrected chi connectivity index (χ3v) is 7.67. The minimum atomic E-state index is -0.533. The molecule has 2 aliphatic rings. The molecule has 210 valence electrons. The van der Waals surface area contributed by atoms with Crippen LogP contribution in [0.5, 0.6) is 0 Å². The molecule has 12 heteroatoms. The molecule has 0 radical (unpaired) electrons. The minimum Gasteiger partial charge on any atom is -0.368 e. The van der Waals surface area contributed by atoms with E-state index < -0.39 is 11.5 Å². The zero-order chi connectivity index (χ0) is 27.9. The molecular weight excluding hydrogens is 550 g/mol. The highest BCUT2D eigenvalue weighted by Crippen LogP contribution is 2.38. The number of fused-ring (bicyclic) bond motifs is 3. The van der Waals surface area contributed by atoms with Gasteiger partial charge in [0.25, 0.3) is 0 Å². The van der Waals surface area contributed by atoms with Gasteiger partial charge in [0.05, 0.1) is 34.5 Å². The van der Waals surface area contributed by atoms with Crippen molar-refractivity contribution in [1.29, 1.82) is 0 Å². The fourth-order valence-electron chi connectivity index (χ4n) is 5.70. The maximum absolute atomic E-state index is 15.6. The average Bonchev–Trinajstić information content (AvgIpc) is 3.63. The number of aromatic nitrogens is 6. The molecule has 0 saturated carbocycles. The molecule has 0 bridgehead atoms. The van der Waals surface area contributed by atoms with Crippen LogP contribution in [0, 0.1) is 25.5 Å². The number of dihydropyridines is 1. The van der Waals surface area contributed by atoms with Crippen molar-refractivity contribution in [3.63, 3.8) is 0 Å². The van der Waals surface area contributed by atoms with Crippen LogP contribution < -0.4 is 16.3 Å². The summed E-state index contributed by atoms with van der Waals surface area (Å²) >= 11 is 0. The molecule has 0 aliphatic carbocycles. The third-order valence-electron chi connectivity index (χ3n) is 7.67. The number of benzene rings is 2. The monoisotopic (exact) mass is 576 g/mol. The largest absolute Gasteiger partial charge is 0.368 e. The molecular formula is C29H27ClF2N8O. The van der Waals surface area contributed by atoms with Gasteiger partial charge in [-0.1, -0.05) is 12.2 Å². The van der Waals surface area contributed by atoms with Crippen molar-refractivity contribution < 1.29 is 8.78 Å². The number of halogens is 3. The predicted octanol–water partition coefficient (Wildman–Crippen LogP) is 4.51. The van der Waals surface area contributed by atoms with Gasteiger partial charge in [-0.05, 0) is 56.2 Å². The van der Waals surface area contributed by atoms with E-state index in [1.807, 2.05) is 19.1 Å². The summed E-state index contributed by atoms with van der Waals surface area (Å²) in [6, 6.07) is 6.53. The van der Waals surface area contributed by atoms with Crippen molar-refractivity contribution in [1.82, 2.24) is 39.3 Å². The molecule has 41 heavy (non-hydrogen) atoms. The summed E-state index contributed by atoms with van der Waals surface area (Å²) in [6.07, 6.45) is 8.61. The van der Waals surface area contributed by atoms with Crippen LogP contribution >= 0.6 is 12.4 Å². The Bertz CT molecular complexity index is 1970. The van der Waals surface area contributed by atoms with Gasteiger partial charge in [-0.25, -0.2) is 18.3 Å². The zero-order valence-electron chi connectivity index (χ0n) is 22.7. The van der Waals surface area contributed by atoms with Gasteiger partial charge in [0.1, 0.15) is 17.3 Å². The van der Waals surface area contributed by atoms with Gasteiger partial charge >= 0.3 is 5.69 Å². The predicted molar refractivity (Wildman–Crippen MR) is 155 cm³/mol. The SMILES string of the molecule is Cc1cc(-n2nc3c(c2-n2ccn(-c4ccc5c(cnn5C)c4F)c2=O)[C@H](C)NC2=C3C=CCN2)cc(C)c1F.Cl. The van der Waals surface area contributed by atoms with E-state index in [4.69, 9.17) is 5.10 Å². The van der Waals surface area contributed by atoms with Gasteiger partial charge in [0.15, 0.2) is 11.6 Å². The molecule has 2 aromatic carbocycles. The summed E-state index contributed by atoms with van der Waals surface area (Å²) in [5.74, 6) is 0.541. The van der Waals surface area contributed by atoms with Crippen molar-refractivity contribution in [3.8, 4) is 17.2 Å². The molecule has 3 aromatic heterocycles. The van der Waals surface area contributed by atoms with E-state index in [1.54, 1.807) is 66.9 Å². The van der Waals surface area contributed by atoms with E-state index in [2.05, 4.69) is 15.7 Å². The Hall–Kier alpha value is -4.64. The maximum atomic E-state index is 15.6. The topological polar surface area (TPSA) is 86.6 Å². The van der Waals surface area contributed by atoms with Crippen LogP contribution in [0.3, 0.4) is 0 Å². The van der Waals surface area contributed by atoms with Crippen molar-refractivity contribution in [3.05, 3.63) is 105 Å². The molecule has 5 heterocycles. The molecule has 9 nitrogen and oxygen atoms in total. The van der Waals surface area contributed by atoms with Crippen LogP contribution in [0.4, 0.5) is 8.78 Å². The molecule has 0 saturated heterocycles. The number of imidazole rings is 1. The number of hydrogen-bond donors (Lipinski definition) is 2. The summed E-state index contributed by atoms with van der Waals surface area (Å²) in [5, 5.41) is 16.3. The first-order valence-electron chi connectivity index (χ1n) is 13.0. The van der Waals surface area contributed by atoms with Crippen LogP contribution in [0.1, 0.15) is 35.3 Å². The van der Waals surface area contributed by atoms with E-state index in [0.29, 0.717) is 45.8 Å². The summed E-state index contributed by atoms with van der Waals surface area (Å²) in [6.45, 7) is 6.09. The molecule has 2 N–H and O–H groups in total. The van der Waals surface area contributed by atoms with Crippen molar-refractivity contribution in [2.24, 2.45) is 7.05 Å². The van der Waals surface area contributed by atoms with Crippen LogP contribution in [0.2, 0.25) is 0 Å². The van der Waals surface area contributed by atoms with E-state index in [-0.39, 0.29) is 30.0 Å². The maximum Gasteiger partial charge on any atom is 0.338 e. The number of allylic oxidation sites excluding steroid dienone is 2. The van der Waals surface area contributed by atoms with Gasteiger partial charge < -0.3 is 10.6 Å². The number of nitrogens with zero attached hydrogens (tertiary/aromatic N) is 6. The fraction of sp³-hybridized carbons (Fsp3) is 0.207. The van der Waals surface area contributed by atoms with E-state index in [9.17, 15) is 9.18 Å². The zero-order valence-corrected chi connectivity index (χ0v) is 23.6. The lowest BCUT2D eigenvalue weighted by Gasteiger charge is -2.28. The Morgan fingerprint density at radius 1 is 1.05 bits per heavy atom. The Labute approximate surface area is 239 Å². The Morgan fingerprint density at radius 2 is 1.78 bits per heavy atom. The quantitative estimate of drug-likeness (QED) is 0.330. The summed E-state index contributed by atoms with van der Waals surface area (Å²) < 4.78 is 36.2. The second-order valence-electron chi connectivity index (χ2n) is 10.2. The minimum absolute atomic E-state index is 0. The van der Waals surface area contributed by atoms with Crippen molar-refractivity contribution in [2.75, 3.05) is 6.54 Å². The average molecular weight is 577 g/mol. The Morgan fingerprint density at radius 3 is 2.54 bits per heavy atom. The van der Waals surface area contributed by atoms with Crippen molar-refractivity contribution >= 4 is 28.9 Å². The van der Waals surface area contributed by atoms with Gasteiger partial charge in [0, 0.05) is 37.1 Å². The second kappa shape index (κ2) is 9.48. The molecule has 7 rings (SSSR count). The highest BCUT2D eigenvalue weighted by atomic mass is 35.5. The first-order valence-corrected chi connectivity index (χ1v) is 13.0. The molecule has 0 unspecified atom stereocenters. The summed E-state index contributed by atoms with van der Waals surface area (Å²) in [4.78, 5) is 14.0. The summed E-state index contributed by atoms with van der Waals surface area (Å²) in [7, 11) is 1.74. The van der Waals surface area contributed by atoms with Crippen LogP contribution in [0.25, 0.3) is 33.7 Å². The molecule has 0 amide bonds. The van der Waals surface area contributed by atoms with Gasteiger partial charge in [-0.15, -0.1) is 12.4 Å². The molecule has 0 spiro atoms. The number of nitrogens with one attached hydrogen (secondary N) is 2. The van der Waals surface area contributed by atoms with Gasteiger partial charge in [-0.3, -0.25) is 13.8 Å². The number of aryl methyl sites for hydroxylation is 3. The van der Waals surface area contributed by atoms with Gasteiger partial charge in [-0.2, -0.15) is 10.2 Å². The smallest absolute Gasteiger partial charge is 0.338 e. The van der Waals surface area contributed by atoms with Gasteiger partial charge in [0.2, 0.25) is 0 Å². The van der Waals surface area contributed by atoms with E-state index in [1.165, 1.54) is 15.3 Å².